The Hall–Kier alpha value is -2.60. The minimum absolute atomic E-state index is 0.0637. The molecule has 26 heavy (non-hydrogen) atoms. The molecule has 0 unspecified atom stereocenters. The molecule has 1 amide bonds. The van der Waals surface area contributed by atoms with Gasteiger partial charge in [-0.25, -0.2) is 4.39 Å². The number of carbonyl (C=O) groups is 1. The van der Waals surface area contributed by atoms with Crippen LogP contribution in [0.5, 0.6) is 11.5 Å². The maximum absolute atomic E-state index is 13.3. The van der Waals surface area contributed by atoms with Crippen molar-refractivity contribution in [1.82, 2.24) is 9.80 Å². The molecule has 2 aromatic rings. The second kappa shape index (κ2) is 8.19. The first-order valence-electron chi connectivity index (χ1n) is 8.59. The van der Waals surface area contributed by atoms with E-state index in [9.17, 15) is 9.18 Å². The molecule has 0 N–H and O–H groups in total. The van der Waals surface area contributed by atoms with E-state index in [1.807, 2.05) is 11.0 Å². The number of hydrogen-bond donors (Lipinski definition) is 0. The van der Waals surface area contributed by atoms with Crippen molar-refractivity contribution in [3.63, 3.8) is 0 Å². The summed E-state index contributed by atoms with van der Waals surface area (Å²) in [7, 11) is 3.09. The molecule has 138 valence electrons. The minimum Gasteiger partial charge on any atom is -0.493 e. The molecule has 0 aromatic heterocycles. The summed E-state index contributed by atoms with van der Waals surface area (Å²) in [5.74, 6) is 0.720. The van der Waals surface area contributed by atoms with Crippen LogP contribution in [0.15, 0.2) is 42.5 Å². The van der Waals surface area contributed by atoms with Gasteiger partial charge in [0.2, 0.25) is 0 Å². The summed E-state index contributed by atoms with van der Waals surface area (Å²) in [6.07, 6.45) is 0. The van der Waals surface area contributed by atoms with Gasteiger partial charge >= 0.3 is 0 Å². The molecule has 0 radical (unpaired) electrons. The maximum atomic E-state index is 13.3. The highest BCUT2D eigenvalue weighted by atomic mass is 19.1. The SMILES string of the molecule is COc1cccc(C(=O)N2CCN(Cc3cccc(F)c3)CC2)c1OC. The lowest BCUT2D eigenvalue weighted by atomic mass is 10.1. The first kappa shape index (κ1) is 18.2. The van der Waals surface area contributed by atoms with Gasteiger partial charge in [0.25, 0.3) is 5.91 Å². The fraction of sp³-hybridized carbons (Fsp3) is 0.350. The van der Waals surface area contributed by atoms with Crippen molar-refractivity contribution in [1.29, 1.82) is 0 Å². The Balaban J connectivity index is 1.64. The molecular weight excluding hydrogens is 335 g/mol. The molecule has 1 fully saturated rings. The van der Waals surface area contributed by atoms with Crippen LogP contribution in [-0.4, -0.2) is 56.1 Å². The van der Waals surface area contributed by atoms with Gasteiger partial charge in [-0.3, -0.25) is 9.69 Å². The predicted octanol–water partition coefficient (Wildman–Crippen LogP) is 2.80. The Kier molecular flexibility index (Phi) is 5.73. The first-order chi connectivity index (χ1) is 12.6. The summed E-state index contributed by atoms with van der Waals surface area (Å²) >= 11 is 0. The lowest BCUT2D eigenvalue weighted by molar-refractivity contribution is 0.0624. The molecule has 1 heterocycles. The van der Waals surface area contributed by atoms with E-state index in [0.717, 1.165) is 18.7 Å². The molecule has 1 aliphatic rings. The predicted molar refractivity (Wildman–Crippen MR) is 97.1 cm³/mol. The van der Waals surface area contributed by atoms with Crippen LogP contribution in [0.2, 0.25) is 0 Å². The summed E-state index contributed by atoms with van der Waals surface area (Å²) < 4.78 is 24.0. The van der Waals surface area contributed by atoms with Crippen LogP contribution in [0.1, 0.15) is 15.9 Å². The van der Waals surface area contributed by atoms with Crippen LogP contribution in [0.3, 0.4) is 0 Å². The Bertz CT molecular complexity index is 773. The van der Waals surface area contributed by atoms with Crippen molar-refractivity contribution in [2.45, 2.75) is 6.54 Å². The zero-order valence-corrected chi connectivity index (χ0v) is 15.1. The monoisotopic (exact) mass is 358 g/mol. The number of halogens is 1. The second-order valence-corrected chi connectivity index (χ2v) is 6.24. The van der Waals surface area contributed by atoms with Crippen LogP contribution in [-0.2, 0) is 6.54 Å². The van der Waals surface area contributed by atoms with E-state index in [1.165, 1.54) is 13.2 Å². The summed E-state index contributed by atoms with van der Waals surface area (Å²) in [5.41, 5.74) is 1.45. The number of benzene rings is 2. The van der Waals surface area contributed by atoms with E-state index in [4.69, 9.17) is 9.47 Å². The van der Waals surface area contributed by atoms with Crippen molar-refractivity contribution < 1.29 is 18.7 Å². The summed E-state index contributed by atoms with van der Waals surface area (Å²) in [5, 5.41) is 0. The normalized spacial score (nSPS) is 15.0. The molecule has 0 spiro atoms. The van der Waals surface area contributed by atoms with Crippen molar-refractivity contribution in [3.8, 4) is 11.5 Å². The van der Waals surface area contributed by atoms with Crippen LogP contribution < -0.4 is 9.47 Å². The maximum Gasteiger partial charge on any atom is 0.257 e. The van der Waals surface area contributed by atoms with Crippen molar-refractivity contribution in [2.75, 3.05) is 40.4 Å². The number of para-hydroxylation sites is 1. The Morgan fingerprint density at radius 3 is 2.42 bits per heavy atom. The molecule has 0 saturated carbocycles. The molecule has 2 aromatic carbocycles. The van der Waals surface area contributed by atoms with Crippen molar-refractivity contribution in [3.05, 3.63) is 59.4 Å². The lowest BCUT2D eigenvalue weighted by Crippen LogP contribution is -2.48. The molecule has 1 saturated heterocycles. The average molecular weight is 358 g/mol. The number of amides is 1. The van der Waals surface area contributed by atoms with Gasteiger partial charge in [-0.2, -0.15) is 0 Å². The minimum atomic E-state index is -0.221. The highest BCUT2D eigenvalue weighted by Crippen LogP contribution is 2.31. The average Bonchev–Trinajstić information content (AvgIpc) is 2.67. The third-order valence-corrected chi connectivity index (χ3v) is 4.59. The third kappa shape index (κ3) is 3.96. The molecule has 5 nitrogen and oxygen atoms in total. The van der Waals surface area contributed by atoms with Gasteiger partial charge in [0, 0.05) is 32.7 Å². The van der Waals surface area contributed by atoms with Gasteiger partial charge < -0.3 is 14.4 Å². The summed E-state index contributed by atoms with van der Waals surface area (Å²) in [6.45, 7) is 3.41. The number of ether oxygens (including phenoxy) is 2. The Morgan fingerprint density at radius 1 is 1.04 bits per heavy atom. The topological polar surface area (TPSA) is 42.0 Å². The van der Waals surface area contributed by atoms with E-state index in [0.29, 0.717) is 36.7 Å². The number of piperazine rings is 1. The second-order valence-electron chi connectivity index (χ2n) is 6.24. The third-order valence-electron chi connectivity index (χ3n) is 4.59. The zero-order valence-electron chi connectivity index (χ0n) is 15.1. The standard InChI is InChI=1S/C20H23FN2O3/c1-25-18-8-4-7-17(19(18)26-2)20(24)23-11-9-22(10-12-23)14-15-5-3-6-16(21)13-15/h3-8,13H,9-12,14H2,1-2H3. The largest absolute Gasteiger partial charge is 0.493 e. The van der Waals surface area contributed by atoms with E-state index >= 15 is 0 Å². The van der Waals surface area contributed by atoms with Crippen molar-refractivity contribution >= 4 is 5.91 Å². The molecule has 3 rings (SSSR count). The van der Waals surface area contributed by atoms with Crippen LogP contribution in [0, 0.1) is 5.82 Å². The summed E-state index contributed by atoms with van der Waals surface area (Å²) in [6, 6.07) is 12.0. The molecule has 1 aliphatic heterocycles. The highest BCUT2D eigenvalue weighted by Gasteiger charge is 2.25. The quantitative estimate of drug-likeness (QED) is 0.824. The van der Waals surface area contributed by atoms with E-state index < -0.39 is 0 Å². The highest BCUT2D eigenvalue weighted by molar-refractivity contribution is 5.97. The molecular formula is C20H23FN2O3. The number of nitrogens with zero attached hydrogens (tertiary/aromatic N) is 2. The van der Waals surface area contributed by atoms with E-state index in [-0.39, 0.29) is 11.7 Å². The first-order valence-corrected chi connectivity index (χ1v) is 8.59. The number of hydrogen-bond acceptors (Lipinski definition) is 4. The van der Waals surface area contributed by atoms with E-state index in [2.05, 4.69) is 4.90 Å². The van der Waals surface area contributed by atoms with Gasteiger partial charge in [-0.15, -0.1) is 0 Å². The van der Waals surface area contributed by atoms with Crippen LogP contribution >= 0.6 is 0 Å². The zero-order chi connectivity index (χ0) is 18.5. The Morgan fingerprint density at radius 2 is 1.77 bits per heavy atom. The molecule has 0 aliphatic carbocycles. The summed E-state index contributed by atoms with van der Waals surface area (Å²) in [4.78, 5) is 16.9. The van der Waals surface area contributed by atoms with E-state index in [1.54, 1.807) is 37.4 Å². The van der Waals surface area contributed by atoms with Gasteiger partial charge in [0.1, 0.15) is 5.82 Å². The molecule has 0 bridgehead atoms. The lowest BCUT2D eigenvalue weighted by Gasteiger charge is -2.35. The molecule has 6 heteroatoms. The van der Waals surface area contributed by atoms with Gasteiger partial charge in [0.15, 0.2) is 11.5 Å². The van der Waals surface area contributed by atoms with Crippen LogP contribution in [0.25, 0.3) is 0 Å². The number of methoxy groups -OCH3 is 2. The smallest absolute Gasteiger partial charge is 0.257 e. The number of carbonyl (C=O) groups excluding carboxylic acids is 1. The fourth-order valence-corrected chi connectivity index (χ4v) is 3.23. The van der Waals surface area contributed by atoms with Gasteiger partial charge in [0.05, 0.1) is 19.8 Å². The Labute approximate surface area is 152 Å². The van der Waals surface area contributed by atoms with Gasteiger partial charge in [-0.1, -0.05) is 18.2 Å². The fourth-order valence-electron chi connectivity index (χ4n) is 3.23. The molecule has 0 atom stereocenters. The number of rotatable bonds is 5. The van der Waals surface area contributed by atoms with Crippen molar-refractivity contribution in [2.24, 2.45) is 0 Å². The van der Waals surface area contributed by atoms with Gasteiger partial charge in [-0.05, 0) is 29.8 Å². The van der Waals surface area contributed by atoms with Crippen LogP contribution in [0.4, 0.5) is 4.39 Å².